The fourth-order valence-electron chi connectivity index (χ4n) is 2.46. The highest BCUT2D eigenvalue weighted by molar-refractivity contribution is 5.76. The van der Waals surface area contributed by atoms with Crippen molar-refractivity contribution < 1.29 is 14.6 Å². The first kappa shape index (κ1) is 16.7. The van der Waals surface area contributed by atoms with Crippen molar-refractivity contribution in [3.05, 3.63) is 23.9 Å². The second-order valence-electron chi connectivity index (χ2n) is 6.32. The highest BCUT2D eigenvalue weighted by atomic mass is 16.5. The molecular formula is C17H26N2O3. The molecule has 122 valence electrons. The molecule has 2 N–H and O–H groups in total. The lowest BCUT2D eigenvalue weighted by Crippen LogP contribution is -2.29. The zero-order valence-corrected chi connectivity index (χ0v) is 13.4. The van der Waals surface area contributed by atoms with Crippen LogP contribution in [0.1, 0.15) is 51.5 Å². The summed E-state index contributed by atoms with van der Waals surface area (Å²) in [6.07, 6.45) is 6.25. The van der Waals surface area contributed by atoms with E-state index < -0.39 is 6.10 Å². The molecule has 1 aliphatic carbocycles. The molecular weight excluding hydrogens is 280 g/mol. The first-order valence-corrected chi connectivity index (χ1v) is 8.11. The summed E-state index contributed by atoms with van der Waals surface area (Å²) in [4.78, 5) is 16.0. The van der Waals surface area contributed by atoms with Crippen LogP contribution in [-0.4, -0.2) is 28.2 Å². The van der Waals surface area contributed by atoms with E-state index in [1.54, 1.807) is 6.20 Å². The Bertz CT molecular complexity index is 467. The number of pyridine rings is 1. The normalized spacial score (nSPS) is 16.7. The monoisotopic (exact) mass is 306 g/mol. The van der Waals surface area contributed by atoms with Gasteiger partial charge in [-0.1, -0.05) is 19.9 Å². The molecule has 5 nitrogen and oxygen atoms in total. The fourth-order valence-corrected chi connectivity index (χ4v) is 2.46. The van der Waals surface area contributed by atoms with Crippen LogP contribution in [0.25, 0.3) is 0 Å². The summed E-state index contributed by atoms with van der Waals surface area (Å²) in [7, 11) is 0. The number of rotatable bonds is 7. The minimum atomic E-state index is -0.597. The lowest BCUT2D eigenvalue weighted by molar-refractivity contribution is -0.123. The number of nitrogens with zero attached hydrogens (tertiary/aromatic N) is 1. The van der Waals surface area contributed by atoms with E-state index in [4.69, 9.17) is 4.74 Å². The maximum atomic E-state index is 11.7. The molecule has 1 fully saturated rings. The highest BCUT2D eigenvalue weighted by Gasteiger charge is 2.17. The number of nitrogens with one attached hydrogen (secondary N) is 1. The third-order valence-electron chi connectivity index (χ3n) is 4.04. The minimum absolute atomic E-state index is 0.0828. The summed E-state index contributed by atoms with van der Waals surface area (Å²) in [5, 5.41) is 12.5. The molecule has 1 heterocycles. The van der Waals surface area contributed by atoms with Crippen molar-refractivity contribution in [1.29, 1.82) is 0 Å². The van der Waals surface area contributed by atoms with E-state index in [2.05, 4.69) is 10.3 Å². The predicted molar refractivity (Wildman–Crippen MR) is 84.4 cm³/mol. The van der Waals surface area contributed by atoms with E-state index in [0.717, 1.165) is 18.4 Å². The summed E-state index contributed by atoms with van der Waals surface area (Å²) in [5.74, 6) is 0.587. The second-order valence-corrected chi connectivity index (χ2v) is 6.32. The molecule has 0 radical (unpaired) electrons. The summed E-state index contributed by atoms with van der Waals surface area (Å²) < 4.78 is 5.80. The zero-order valence-electron chi connectivity index (χ0n) is 13.4. The summed E-state index contributed by atoms with van der Waals surface area (Å²) in [6.45, 7) is 4.20. The first-order valence-electron chi connectivity index (χ1n) is 8.11. The average Bonchev–Trinajstić information content (AvgIpc) is 2.99. The van der Waals surface area contributed by atoms with Crippen LogP contribution in [0.4, 0.5) is 0 Å². The average molecular weight is 306 g/mol. The molecule has 1 atom stereocenters. The Labute approximate surface area is 132 Å². The molecule has 1 unspecified atom stereocenters. The topological polar surface area (TPSA) is 71.5 Å². The molecule has 1 aromatic rings. The largest absolute Gasteiger partial charge is 0.474 e. The van der Waals surface area contributed by atoms with Gasteiger partial charge in [-0.25, -0.2) is 4.98 Å². The van der Waals surface area contributed by atoms with Crippen LogP contribution in [0.2, 0.25) is 0 Å². The SMILES string of the molecule is CC(C)C(O)CC(=O)NCc1ccc(OC2CCCC2)nc1. The minimum Gasteiger partial charge on any atom is -0.474 e. The predicted octanol–water partition coefficient (Wildman–Crippen LogP) is 2.43. The smallest absolute Gasteiger partial charge is 0.222 e. The Morgan fingerprint density at radius 2 is 2.14 bits per heavy atom. The maximum absolute atomic E-state index is 11.7. The van der Waals surface area contributed by atoms with Gasteiger partial charge in [-0.05, 0) is 37.2 Å². The van der Waals surface area contributed by atoms with Gasteiger partial charge >= 0.3 is 0 Å². The molecule has 0 aliphatic heterocycles. The van der Waals surface area contributed by atoms with Crippen molar-refractivity contribution in [2.45, 2.75) is 64.7 Å². The number of ether oxygens (including phenoxy) is 1. The van der Waals surface area contributed by atoms with Gasteiger partial charge in [0.1, 0.15) is 6.10 Å². The molecule has 0 aromatic carbocycles. The Morgan fingerprint density at radius 3 is 2.73 bits per heavy atom. The van der Waals surface area contributed by atoms with Crippen molar-refractivity contribution in [1.82, 2.24) is 10.3 Å². The van der Waals surface area contributed by atoms with Crippen molar-refractivity contribution in [2.75, 3.05) is 0 Å². The van der Waals surface area contributed by atoms with E-state index in [9.17, 15) is 9.90 Å². The number of carbonyl (C=O) groups is 1. The Balaban J connectivity index is 1.75. The van der Waals surface area contributed by atoms with E-state index in [-0.39, 0.29) is 18.2 Å². The van der Waals surface area contributed by atoms with Crippen molar-refractivity contribution in [3.8, 4) is 5.88 Å². The molecule has 22 heavy (non-hydrogen) atoms. The van der Waals surface area contributed by atoms with E-state index in [1.165, 1.54) is 12.8 Å². The molecule has 0 bridgehead atoms. The summed E-state index contributed by atoms with van der Waals surface area (Å²) >= 11 is 0. The number of amides is 1. The van der Waals surface area contributed by atoms with Crippen molar-refractivity contribution in [2.24, 2.45) is 5.92 Å². The number of aromatic nitrogens is 1. The summed E-state index contributed by atoms with van der Waals surface area (Å²) in [5.41, 5.74) is 0.922. The number of hydrogen-bond donors (Lipinski definition) is 2. The third kappa shape index (κ3) is 5.30. The molecule has 0 spiro atoms. The van der Waals surface area contributed by atoms with Crippen LogP contribution >= 0.6 is 0 Å². The van der Waals surface area contributed by atoms with Gasteiger partial charge in [0, 0.05) is 18.8 Å². The third-order valence-corrected chi connectivity index (χ3v) is 4.04. The molecule has 5 heteroatoms. The Kier molecular flexibility index (Phi) is 6.19. The number of hydrogen-bond acceptors (Lipinski definition) is 4. The fraction of sp³-hybridized carbons (Fsp3) is 0.647. The molecule has 0 saturated heterocycles. The van der Waals surface area contributed by atoms with Gasteiger partial charge in [-0.15, -0.1) is 0 Å². The molecule has 2 rings (SSSR count). The van der Waals surface area contributed by atoms with Crippen LogP contribution in [0.5, 0.6) is 5.88 Å². The van der Waals surface area contributed by atoms with Gasteiger partial charge in [-0.3, -0.25) is 4.79 Å². The zero-order chi connectivity index (χ0) is 15.9. The lowest BCUT2D eigenvalue weighted by atomic mass is 10.0. The molecule has 1 saturated carbocycles. The maximum Gasteiger partial charge on any atom is 0.222 e. The highest BCUT2D eigenvalue weighted by Crippen LogP contribution is 2.22. The first-order chi connectivity index (χ1) is 10.5. The van der Waals surface area contributed by atoms with Gasteiger partial charge in [0.2, 0.25) is 11.8 Å². The van der Waals surface area contributed by atoms with Crippen molar-refractivity contribution in [3.63, 3.8) is 0 Å². The number of aliphatic hydroxyl groups is 1. The van der Waals surface area contributed by atoms with E-state index >= 15 is 0 Å². The molecule has 1 aliphatic rings. The van der Waals surface area contributed by atoms with Crippen LogP contribution in [0.15, 0.2) is 18.3 Å². The van der Waals surface area contributed by atoms with Crippen LogP contribution in [0.3, 0.4) is 0 Å². The quantitative estimate of drug-likeness (QED) is 0.811. The van der Waals surface area contributed by atoms with Gasteiger partial charge < -0.3 is 15.2 Å². The second kappa shape index (κ2) is 8.13. The molecule has 1 aromatic heterocycles. The van der Waals surface area contributed by atoms with Gasteiger partial charge in [0.25, 0.3) is 0 Å². The Hall–Kier alpha value is -1.62. The lowest BCUT2D eigenvalue weighted by Gasteiger charge is -2.14. The van der Waals surface area contributed by atoms with E-state index in [1.807, 2.05) is 26.0 Å². The standard InChI is InChI=1S/C17H26N2O3/c1-12(2)15(20)9-16(21)18-10-13-7-8-17(19-11-13)22-14-5-3-4-6-14/h7-8,11-12,14-15,20H,3-6,9-10H2,1-2H3,(H,18,21). The van der Waals surface area contributed by atoms with Crippen molar-refractivity contribution >= 4 is 5.91 Å². The van der Waals surface area contributed by atoms with E-state index in [0.29, 0.717) is 18.5 Å². The number of carbonyl (C=O) groups excluding carboxylic acids is 1. The van der Waals surface area contributed by atoms with Gasteiger partial charge in [0.05, 0.1) is 12.5 Å². The van der Waals surface area contributed by atoms with Crippen LogP contribution in [0, 0.1) is 5.92 Å². The molecule has 1 amide bonds. The Morgan fingerprint density at radius 1 is 1.41 bits per heavy atom. The number of aliphatic hydroxyl groups excluding tert-OH is 1. The van der Waals surface area contributed by atoms with Gasteiger partial charge in [-0.2, -0.15) is 0 Å². The van der Waals surface area contributed by atoms with Crippen LogP contribution < -0.4 is 10.1 Å². The van der Waals surface area contributed by atoms with Gasteiger partial charge in [0.15, 0.2) is 0 Å². The summed E-state index contributed by atoms with van der Waals surface area (Å²) in [6, 6.07) is 3.76. The van der Waals surface area contributed by atoms with Crippen LogP contribution in [-0.2, 0) is 11.3 Å².